The van der Waals surface area contributed by atoms with Crippen molar-refractivity contribution in [3.63, 3.8) is 0 Å². The average Bonchev–Trinajstić information content (AvgIpc) is 3.26. The van der Waals surface area contributed by atoms with Crippen molar-refractivity contribution >= 4 is 23.2 Å². The van der Waals surface area contributed by atoms with E-state index in [1.165, 1.54) is 17.4 Å². The van der Waals surface area contributed by atoms with E-state index in [9.17, 15) is 13.2 Å². The molecule has 1 saturated heterocycles. The Bertz CT molecular complexity index is 1180. The van der Waals surface area contributed by atoms with Crippen LogP contribution in [0, 0.1) is 0 Å². The second-order valence-corrected chi connectivity index (χ2v) is 8.80. The fourth-order valence-corrected chi connectivity index (χ4v) is 4.49. The Balaban J connectivity index is 1.65. The predicted molar refractivity (Wildman–Crippen MR) is 131 cm³/mol. The first-order valence-electron chi connectivity index (χ1n) is 11.3. The average molecular weight is 489 g/mol. The van der Waals surface area contributed by atoms with E-state index in [1.54, 1.807) is 22.3 Å². The zero-order valence-corrected chi connectivity index (χ0v) is 19.8. The number of hydrogen-bond donors (Lipinski definition) is 0. The van der Waals surface area contributed by atoms with Gasteiger partial charge in [-0.15, -0.1) is 11.3 Å². The maximum atomic E-state index is 13.3. The van der Waals surface area contributed by atoms with Gasteiger partial charge in [0, 0.05) is 36.3 Å². The van der Waals surface area contributed by atoms with Crippen LogP contribution in [-0.4, -0.2) is 43.7 Å². The molecule has 1 aliphatic heterocycles. The van der Waals surface area contributed by atoms with Crippen molar-refractivity contribution in [1.82, 2.24) is 4.68 Å². The van der Waals surface area contributed by atoms with E-state index in [-0.39, 0.29) is 0 Å². The lowest BCUT2D eigenvalue weighted by Gasteiger charge is -2.28. The summed E-state index contributed by atoms with van der Waals surface area (Å²) in [4.78, 5) is 7.55. The van der Waals surface area contributed by atoms with Gasteiger partial charge in [0.2, 0.25) is 4.80 Å². The summed E-state index contributed by atoms with van der Waals surface area (Å²) in [5, 5.41) is 6.42. The van der Waals surface area contributed by atoms with Gasteiger partial charge in [-0.2, -0.15) is 18.3 Å². The van der Waals surface area contributed by atoms with Gasteiger partial charge in [-0.1, -0.05) is 37.6 Å². The quantitative estimate of drug-likeness (QED) is 0.318. The minimum atomic E-state index is -4.41. The summed E-state index contributed by atoms with van der Waals surface area (Å²) in [5.74, 6) is 0. The van der Waals surface area contributed by atoms with E-state index in [1.807, 2.05) is 24.3 Å². The van der Waals surface area contributed by atoms with Crippen LogP contribution < -0.4 is 9.70 Å². The van der Waals surface area contributed by atoms with Crippen molar-refractivity contribution in [2.45, 2.75) is 25.9 Å². The van der Waals surface area contributed by atoms with Crippen LogP contribution in [0.3, 0.4) is 0 Å². The van der Waals surface area contributed by atoms with Crippen molar-refractivity contribution in [2.75, 3.05) is 37.7 Å². The van der Waals surface area contributed by atoms with E-state index >= 15 is 0 Å². The summed E-state index contributed by atoms with van der Waals surface area (Å²) in [6.45, 7) is 5.90. The van der Waals surface area contributed by atoms with Crippen molar-refractivity contribution in [2.24, 2.45) is 10.1 Å². The molecule has 4 rings (SSSR count). The Labute approximate surface area is 200 Å². The lowest BCUT2D eigenvalue weighted by molar-refractivity contribution is -0.137. The molecule has 0 spiro atoms. The minimum absolute atomic E-state index is 0.447. The summed E-state index contributed by atoms with van der Waals surface area (Å²) in [5.41, 5.74) is 2.36. The Kier molecular flexibility index (Phi) is 7.84. The van der Waals surface area contributed by atoms with Gasteiger partial charge in [-0.05, 0) is 36.2 Å². The SMILES string of the molecule is CCCCN=c1scc(-c2cccc(C(F)(F)F)c2)n1N=Cc1ccc(N2CCOCC2)cc1. The number of rotatable bonds is 7. The third-order valence-electron chi connectivity index (χ3n) is 5.52. The van der Waals surface area contributed by atoms with Crippen molar-refractivity contribution < 1.29 is 17.9 Å². The molecule has 0 N–H and O–H groups in total. The lowest BCUT2D eigenvalue weighted by Crippen LogP contribution is -2.36. The fraction of sp³-hybridized carbons (Fsp3) is 0.360. The highest BCUT2D eigenvalue weighted by molar-refractivity contribution is 7.07. The highest BCUT2D eigenvalue weighted by Gasteiger charge is 2.30. The summed E-state index contributed by atoms with van der Waals surface area (Å²) in [6.07, 6.45) is -0.750. The molecule has 1 aromatic heterocycles. The van der Waals surface area contributed by atoms with Gasteiger partial charge in [-0.3, -0.25) is 4.99 Å². The number of benzene rings is 2. The number of morpholine rings is 1. The first kappa shape index (κ1) is 24.2. The number of thiazole rings is 1. The van der Waals surface area contributed by atoms with Crippen LogP contribution in [0.1, 0.15) is 30.9 Å². The smallest absolute Gasteiger partial charge is 0.378 e. The largest absolute Gasteiger partial charge is 0.416 e. The molecule has 180 valence electrons. The Morgan fingerprint density at radius 1 is 1.09 bits per heavy atom. The van der Waals surface area contributed by atoms with E-state index in [0.717, 1.165) is 62.5 Å². The van der Waals surface area contributed by atoms with Crippen molar-refractivity contribution in [3.8, 4) is 11.3 Å². The molecular formula is C25H27F3N4OS. The van der Waals surface area contributed by atoms with Crippen LogP contribution in [0.5, 0.6) is 0 Å². The molecule has 5 nitrogen and oxygen atoms in total. The van der Waals surface area contributed by atoms with E-state index in [2.05, 4.69) is 21.9 Å². The van der Waals surface area contributed by atoms with Gasteiger partial charge in [0.05, 0.1) is 30.7 Å². The molecule has 0 atom stereocenters. The summed E-state index contributed by atoms with van der Waals surface area (Å²) >= 11 is 1.37. The molecule has 3 aromatic rings. The zero-order valence-electron chi connectivity index (χ0n) is 19.0. The zero-order chi connectivity index (χ0) is 24.0. The van der Waals surface area contributed by atoms with Crippen LogP contribution in [0.25, 0.3) is 11.3 Å². The highest BCUT2D eigenvalue weighted by Crippen LogP contribution is 2.32. The topological polar surface area (TPSA) is 42.1 Å². The van der Waals surface area contributed by atoms with Gasteiger partial charge >= 0.3 is 6.18 Å². The number of nitrogens with zero attached hydrogens (tertiary/aromatic N) is 4. The summed E-state index contributed by atoms with van der Waals surface area (Å²) in [7, 11) is 0. The molecule has 0 radical (unpaired) electrons. The monoisotopic (exact) mass is 488 g/mol. The molecule has 2 aromatic carbocycles. The van der Waals surface area contributed by atoms with Gasteiger partial charge in [0.1, 0.15) is 0 Å². The minimum Gasteiger partial charge on any atom is -0.378 e. The van der Waals surface area contributed by atoms with Gasteiger partial charge in [0.15, 0.2) is 0 Å². The molecule has 9 heteroatoms. The maximum absolute atomic E-state index is 13.3. The Hall–Kier alpha value is -2.91. The van der Waals surface area contributed by atoms with Crippen molar-refractivity contribution in [1.29, 1.82) is 0 Å². The van der Waals surface area contributed by atoms with Crippen LogP contribution in [0.2, 0.25) is 0 Å². The molecule has 0 saturated carbocycles. The number of unbranched alkanes of at least 4 members (excludes halogenated alkanes) is 1. The van der Waals surface area contributed by atoms with Crippen molar-refractivity contribution in [3.05, 3.63) is 69.8 Å². The van der Waals surface area contributed by atoms with Crippen LogP contribution >= 0.6 is 11.3 Å². The molecule has 0 aliphatic carbocycles. The van der Waals surface area contributed by atoms with Gasteiger partial charge in [0.25, 0.3) is 0 Å². The van der Waals surface area contributed by atoms with Gasteiger partial charge in [-0.25, -0.2) is 4.68 Å². The molecule has 1 aliphatic rings. The summed E-state index contributed by atoms with van der Waals surface area (Å²) in [6, 6.07) is 13.4. The molecule has 0 bridgehead atoms. The molecule has 2 heterocycles. The second-order valence-electron chi connectivity index (χ2n) is 7.96. The molecule has 0 unspecified atom stereocenters. The fourth-order valence-electron chi connectivity index (χ4n) is 3.62. The molecule has 34 heavy (non-hydrogen) atoms. The standard InChI is InChI=1S/C25H27F3N4OS/c1-2-3-11-29-24-32(23(18-34-24)20-5-4-6-21(16-20)25(26,27)28)30-17-19-7-9-22(10-8-19)31-12-14-33-15-13-31/h4-10,16-18H,2-3,11-15H2,1H3. The first-order chi connectivity index (χ1) is 16.5. The Morgan fingerprint density at radius 2 is 1.85 bits per heavy atom. The maximum Gasteiger partial charge on any atom is 0.416 e. The highest BCUT2D eigenvalue weighted by atomic mass is 32.1. The van der Waals surface area contributed by atoms with Crippen LogP contribution in [0.4, 0.5) is 18.9 Å². The lowest BCUT2D eigenvalue weighted by atomic mass is 10.1. The van der Waals surface area contributed by atoms with Gasteiger partial charge < -0.3 is 9.64 Å². The molecule has 0 amide bonds. The van der Waals surface area contributed by atoms with Crippen LogP contribution in [-0.2, 0) is 10.9 Å². The number of aromatic nitrogens is 1. The number of halogens is 3. The first-order valence-corrected chi connectivity index (χ1v) is 12.2. The molecule has 1 fully saturated rings. The summed E-state index contributed by atoms with van der Waals surface area (Å²) < 4.78 is 46.8. The predicted octanol–water partition coefficient (Wildman–Crippen LogP) is 5.66. The number of hydrogen-bond acceptors (Lipinski definition) is 5. The van der Waals surface area contributed by atoms with E-state index < -0.39 is 11.7 Å². The van der Waals surface area contributed by atoms with E-state index in [4.69, 9.17) is 4.74 Å². The number of alkyl halides is 3. The third-order valence-corrected chi connectivity index (χ3v) is 6.38. The number of ether oxygens (including phenoxy) is 1. The van der Waals surface area contributed by atoms with Crippen LogP contribution in [0.15, 0.2) is 64.0 Å². The Morgan fingerprint density at radius 3 is 2.56 bits per heavy atom. The number of anilines is 1. The normalized spacial score (nSPS) is 15.4. The molecular weight excluding hydrogens is 461 g/mol. The van der Waals surface area contributed by atoms with E-state index in [0.29, 0.717) is 22.6 Å². The second kappa shape index (κ2) is 11.0. The third kappa shape index (κ3) is 5.95.